The van der Waals surface area contributed by atoms with Gasteiger partial charge in [-0.15, -0.1) is 0 Å². The Bertz CT molecular complexity index is 942. The maximum Gasteiger partial charge on any atom is 0.325 e. The van der Waals surface area contributed by atoms with E-state index in [1.165, 1.54) is 0 Å². The van der Waals surface area contributed by atoms with Crippen LogP contribution in [0, 0.1) is 13.8 Å². The molecule has 1 aliphatic rings. The lowest BCUT2D eigenvalue weighted by Crippen LogP contribution is -2.31. The highest BCUT2D eigenvalue weighted by Crippen LogP contribution is 2.38. The summed E-state index contributed by atoms with van der Waals surface area (Å²) in [5.74, 6) is -0.587. The lowest BCUT2D eigenvalue weighted by molar-refractivity contribution is -0.141. The van der Waals surface area contributed by atoms with Crippen LogP contribution in [0.5, 0.6) is 5.75 Å². The predicted molar refractivity (Wildman–Crippen MR) is 117 cm³/mol. The summed E-state index contributed by atoms with van der Waals surface area (Å²) in [6.07, 6.45) is 4.29. The number of aryl methyl sites for hydroxylation is 1. The molecule has 7 heteroatoms. The van der Waals surface area contributed by atoms with Gasteiger partial charge in [0.1, 0.15) is 12.3 Å². The summed E-state index contributed by atoms with van der Waals surface area (Å²) in [5, 5.41) is 2.51. The minimum Gasteiger partial charge on any atom is -0.494 e. The standard InChI is InChI=1S/C24H30N2O5/c1-4-5-12-30-20-10-6-18(7-11-20)24(29)25-14-23(28)31-15-22(27)21-13-16(2)26(17(21)3)19-8-9-19/h6-7,10-11,13,19H,4-5,8-9,12,14-15H2,1-3H3,(H,25,29). The number of carbonyl (C=O) groups is 3. The normalized spacial score (nSPS) is 13.0. The van der Waals surface area contributed by atoms with Crippen molar-refractivity contribution >= 4 is 17.7 Å². The van der Waals surface area contributed by atoms with Crippen molar-refractivity contribution in [3.63, 3.8) is 0 Å². The molecule has 1 fully saturated rings. The fourth-order valence-corrected chi connectivity index (χ4v) is 3.52. The van der Waals surface area contributed by atoms with Crippen LogP contribution >= 0.6 is 0 Å². The molecule has 0 unspecified atom stereocenters. The molecule has 166 valence electrons. The Hall–Kier alpha value is -3.09. The molecule has 0 atom stereocenters. The number of esters is 1. The number of nitrogens with zero attached hydrogens (tertiary/aromatic N) is 1. The summed E-state index contributed by atoms with van der Waals surface area (Å²) in [4.78, 5) is 36.7. The number of ketones is 1. The monoisotopic (exact) mass is 426 g/mol. The number of rotatable bonds is 11. The van der Waals surface area contributed by atoms with Crippen LogP contribution in [0.1, 0.15) is 70.8 Å². The number of carbonyl (C=O) groups excluding carboxylic acids is 3. The van der Waals surface area contributed by atoms with Gasteiger partial charge in [0.05, 0.1) is 6.61 Å². The molecule has 1 aromatic heterocycles. The molecule has 0 radical (unpaired) electrons. The van der Waals surface area contributed by atoms with Crippen LogP contribution in [-0.2, 0) is 9.53 Å². The van der Waals surface area contributed by atoms with Gasteiger partial charge in [-0.1, -0.05) is 13.3 Å². The molecular weight excluding hydrogens is 396 g/mol. The number of benzene rings is 1. The summed E-state index contributed by atoms with van der Waals surface area (Å²) in [5.41, 5.74) is 2.96. The molecule has 3 rings (SSSR count). The van der Waals surface area contributed by atoms with E-state index in [0.29, 0.717) is 29.5 Å². The Balaban J connectivity index is 1.43. The zero-order chi connectivity index (χ0) is 22.4. The average molecular weight is 427 g/mol. The number of aromatic nitrogens is 1. The van der Waals surface area contributed by atoms with E-state index in [4.69, 9.17) is 9.47 Å². The van der Waals surface area contributed by atoms with Gasteiger partial charge in [-0.05, 0) is 63.4 Å². The Kier molecular flexibility index (Phi) is 7.50. The molecule has 1 aromatic carbocycles. The van der Waals surface area contributed by atoms with Crippen molar-refractivity contribution in [2.75, 3.05) is 19.8 Å². The molecule has 0 spiro atoms. The molecule has 31 heavy (non-hydrogen) atoms. The van der Waals surface area contributed by atoms with Crippen molar-refractivity contribution in [2.45, 2.75) is 52.5 Å². The second kappa shape index (κ2) is 10.3. The first kappa shape index (κ1) is 22.6. The van der Waals surface area contributed by atoms with Gasteiger partial charge in [-0.3, -0.25) is 14.4 Å². The van der Waals surface area contributed by atoms with Gasteiger partial charge in [-0.25, -0.2) is 0 Å². The summed E-state index contributed by atoms with van der Waals surface area (Å²) in [6.45, 7) is 5.98. The van der Waals surface area contributed by atoms with Crippen LogP contribution in [0.2, 0.25) is 0 Å². The molecule has 1 aliphatic carbocycles. The van der Waals surface area contributed by atoms with Crippen LogP contribution in [0.15, 0.2) is 30.3 Å². The van der Waals surface area contributed by atoms with Gasteiger partial charge in [0.25, 0.3) is 5.91 Å². The Labute approximate surface area is 182 Å². The number of amides is 1. The molecule has 1 heterocycles. The minimum atomic E-state index is -0.655. The quantitative estimate of drug-likeness (QED) is 0.336. The lowest BCUT2D eigenvalue weighted by Gasteiger charge is -2.09. The average Bonchev–Trinajstić information content (AvgIpc) is 3.55. The van der Waals surface area contributed by atoms with Gasteiger partial charge in [0.2, 0.25) is 5.78 Å². The maximum absolute atomic E-state index is 12.5. The second-order valence-corrected chi connectivity index (χ2v) is 7.88. The van der Waals surface area contributed by atoms with Crippen LogP contribution in [0.4, 0.5) is 0 Å². The smallest absolute Gasteiger partial charge is 0.325 e. The van der Waals surface area contributed by atoms with Gasteiger partial charge in [0.15, 0.2) is 6.61 Å². The van der Waals surface area contributed by atoms with Crippen molar-refractivity contribution in [1.29, 1.82) is 0 Å². The van der Waals surface area contributed by atoms with E-state index in [1.807, 2.05) is 19.9 Å². The maximum atomic E-state index is 12.5. The van der Waals surface area contributed by atoms with E-state index >= 15 is 0 Å². The molecule has 1 N–H and O–H groups in total. The van der Waals surface area contributed by atoms with Gasteiger partial charge < -0.3 is 19.4 Å². The van der Waals surface area contributed by atoms with Gasteiger partial charge in [0, 0.05) is 28.6 Å². The highest BCUT2D eigenvalue weighted by atomic mass is 16.5. The molecule has 7 nitrogen and oxygen atoms in total. The van der Waals surface area contributed by atoms with E-state index in [1.54, 1.807) is 24.3 Å². The van der Waals surface area contributed by atoms with Gasteiger partial charge in [-0.2, -0.15) is 0 Å². The van der Waals surface area contributed by atoms with Crippen molar-refractivity contribution in [1.82, 2.24) is 9.88 Å². The summed E-state index contributed by atoms with van der Waals surface area (Å²) >= 11 is 0. The molecular formula is C24H30N2O5. The number of ether oxygens (including phenoxy) is 2. The van der Waals surface area contributed by atoms with E-state index in [2.05, 4.69) is 16.8 Å². The number of hydrogen-bond acceptors (Lipinski definition) is 5. The lowest BCUT2D eigenvalue weighted by atomic mass is 10.1. The summed E-state index contributed by atoms with van der Waals surface area (Å²) in [6, 6.07) is 9.05. The fourth-order valence-electron chi connectivity index (χ4n) is 3.52. The largest absolute Gasteiger partial charge is 0.494 e. The Morgan fingerprint density at radius 3 is 2.48 bits per heavy atom. The van der Waals surface area contributed by atoms with Crippen molar-refractivity contribution in [3.8, 4) is 5.75 Å². The van der Waals surface area contributed by atoms with Crippen LogP contribution in [0.3, 0.4) is 0 Å². The third-order valence-corrected chi connectivity index (χ3v) is 5.34. The number of unbranched alkanes of at least 4 members (excludes halogenated alkanes) is 1. The molecule has 2 aromatic rings. The number of Topliss-reactive ketones (excluding diaryl/α,β-unsaturated/α-hetero) is 1. The molecule has 0 bridgehead atoms. The SMILES string of the molecule is CCCCOc1ccc(C(=O)NCC(=O)OCC(=O)c2cc(C)n(C3CC3)c2C)cc1. The van der Waals surface area contributed by atoms with E-state index < -0.39 is 11.9 Å². The topological polar surface area (TPSA) is 86.6 Å². The van der Waals surface area contributed by atoms with Crippen LogP contribution in [-0.4, -0.2) is 42.0 Å². The first-order valence-electron chi connectivity index (χ1n) is 10.8. The van der Waals surface area contributed by atoms with Crippen LogP contribution in [0.25, 0.3) is 0 Å². The molecule has 0 saturated heterocycles. The van der Waals surface area contributed by atoms with Crippen LogP contribution < -0.4 is 10.1 Å². The molecule has 1 amide bonds. The third-order valence-electron chi connectivity index (χ3n) is 5.34. The van der Waals surface area contributed by atoms with Gasteiger partial charge >= 0.3 is 5.97 Å². The second-order valence-electron chi connectivity index (χ2n) is 7.88. The minimum absolute atomic E-state index is 0.238. The van der Waals surface area contributed by atoms with E-state index in [-0.39, 0.29) is 18.9 Å². The highest BCUT2D eigenvalue weighted by molar-refractivity contribution is 6.00. The Morgan fingerprint density at radius 2 is 1.84 bits per heavy atom. The first-order chi connectivity index (χ1) is 14.9. The van der Waals surface area contributed by atoms with E-state index in [0.717, 1.165) is 37.1 Å². The zero-order valence-electron chi connectivity index (χ0n) is 18.4. The number of nitrogens with one attached hydrogen (secondary N) is 1. The predicted octanol–water partition coefficient (Wildman–Crippen LogP) is 3.77. The fraction of sp³-hybridized carbons (Fsp3) is 0.458. The first-order valence-corrected chi connectivity index (χ1v) is 10.8. The van der Waals surface area contributed by atoms with Crippen molar-refractivity contribution < 1.29 is 23.9 Å². The third kappa shape index (κ3) is 5.96. The summed E-state index contributed by atoms with van der Waals surface area (Å²) in [7, 11) is 0. The highest BCUT2D eigenvalue weighted by Gasteiger charge is 2.28. The van der Waals surface area contributed by atoms with Crippen molar-refractivity contribution in [3.05, 3.63) is 52.8 Å². The summed E-state index contributed by atoms with van der Waals surface area (Å²) < 4.78 is 12.8. The molecule has 0 aliphatic heterocycles. The number of hydrogen-bond donors (Lipinski definition) is 1. The molecule has 1 saturated carbocycles. The zero-order valence-corrected chi connectivity index (χ0v) is 18.4. The van der Waals surface area contributed by atoms with E-state index in [9.17, 15) is 14.4 Å². The van der Waals surface area contributed by atoms with Crippen molar-refractivity contribution in [2.24, 2.45) is 0 Å². The Morgan fingerprint density at radius 1 is 1.13 bits per heavy atom.